The van der Waals surface area contributed by atoms with Gasteiger partial charge in [0.2, 0.25) is 0 Å². The van der Waals surface area contributed by atoms with Crippen LogP contribution in [-0.4, -0.2) is 27.2 Å². The number of aromatic nitrogens is 2. The lowest BCUT2D eigenvalue weighted by Crippen LogP contribution is -2.33. The molecule has 5 heteroatoms. The highest BCUT2D eigenvalue weighted by Crippen LogP contribution is 2.17. The first-order valence-electron chi connectivity index (χ1n) is 6.45. The number of aliphatic hydroxyl groups is 1. The Morgan fingerprint density at radius 2 is 2.11 bits per heavy atom. The largest absolute Gasteiger partial charge is 0.388 e. The van der Waals surface area contributed by atoms with Crippen molar-refractivity contribution in [3.05, 3.63) is 11.9 Å². The van der Waals surface area contributed by atoms with Crippen LogP contribution in [0.5, 0.6) is 0 Å². The number of nitrogens with zero attached hydrogens (tertiary/aromatic N) is 2. The molecule has 1 atom stereocenters. The van der Waals surface area contributed by atoms with E-state index in [0.29, 0.717) is 24.0 Å². The minimum absolute atomic E-state index is 0.227. The number of nitrogen functional groups attached to an aromatic ring is 1. The standard InChI is InChI=1S/C13H24N4O/c1-5-6-13(4,18)8-15-11-7-10(14)16-12(17-11)9(2)3/h7,9,18H,5-6,8H2,1-4H3,(H3,14,15,16,17). The van der Waals surface area contributed by atoms with Gasteiger partial charge in [-0.3, -0.25) is 0 Å². The first kappa shape index (κ1) is 14.7. The predicted octanol–water partition coefficient (Wildman–Crippen LogP) is 2.15. The molecule has 5 nitrogen and oxygen atoms in total. The van der Waals surface area contributed by atoms with E-state index in [0.717, 1.165) is 12.8 Å². The number of anilines is 2. The van der Waals surface area contributed by atoms with Crippen LogP contribution in [0.1, 0.15) is 52.3 Å². The Bertz CT molecular complexity index is 391. The summed E-state index contributed by atoms with van der Waals surface area (Å²) in [4.78, 5) is 8.56. The molecule has 0 aliphatic heterocycles. The van der Waals surface area contributed by atoms with E-state index in [1.165, 1.54) is 0 Å². The van der Waals surface area contributed by atoms with Crippen molar-refractivity contribution < 1.29 is 5.11 Å². The Kier molecular flexibility index (Phi) is 4.90. The molecule has 0 fully saturated rings. The molecular weight excluding hydrogens is 228 g/mol. The number of hydrogen-bond donors (Lipinski definition) is 3. The van der Waals surface area contributed by atoms with E-state index in [1.807, 2.05) is 27.7 Å². The van der Waals surface area contributed by atoms with Gasteiger partial charge in [-0.05, 0) is 13.3 Å². The third-order valence-corrected chi connectivity index (χ3v) is 2.72. The SMILES string of the molecule is CCCC(C)(O)CNc1cc(N)nc(C(C)C)n1. The average Bonchev–Trinajstić information content (AvgIpc) is 2.26. The van der Waals surface area contributed by atoms with E-state index in [4.69, 9.17) is 5.73 Å². The maximum absolute atomic E-state index is 10.1. The fourth-order valence-electron chi connectivity index (χ4n) is 1.74. The van der Waals surface area contributed by atoms with Gasteiger partial charge in [0, 0.05) is 18.5 Å². The summed E-state index contributed by atoms with van der Waals surface area (Å²) in [7, 11) is 0. The summed E-state index contributed by atoms with van der Waals surface area (Å²) in [6, 6.07) is 1.69. The lowest BCUT2D eigenvalue weighted by Gasteiger charge is -2.23. The van der Waals surface area contributed by atoms with Crippen LogP contribution in [0, 0.1) is 0 Å². The van der Waals surface area contributed by atoms with Gasteiger partial charge < -0.3 is 16.2 Å². The highest BCUT2D eigenvalue weighted by atomic mass is 16.3. The lowest BCUT2D eigenvalue weighted by atomic mass is 10.0. The van der Waals surface area contributed by atoms with Gasteiger partial charge in [0.05, 0.1) is 5.60 Å². The molecule has 18 heavy (non-hydrogen) atoms. The quantitative estimate of drug-likeness (QED) is 0.722. The van der Waals surface area contributed by atoms with Crippen molar-refractivity contribution >= 4 is 11.6 Å². The van der Waals surface area contributed by atoms with Crippen LogP contribution in [0.3, 0.4) is 0 Å². The van der Waals surface area contributed by atoms with Crippen molar-refractivity contribution in [1.82, 2.24) is 9.97 Å². The van der Waals surface area contributed by atoms with Crippen LogP contribution >= 0.6 is 0 Å². The second kappa shape index (κ2) is 6.00. The highest BCUT2D eigenvalue weighted by Gasteiger charge is 2.19. The van der Waals surface area contributed by atoms with Gasteiger partial charge in [-0.1, -0.05) is 27.2 Å². The molecule has 1 unspecified atom stereocenters. The zero-order valence-electron chi connectivity index (χ0n) is 11.7. The van der Waals surface area contributed by atoms with Crippen molar-refractivity contribution in [2.45, 2.75) is 52.1 Å². The number of hydrogen-bond acceptors (Lipinski definition) is 5. The van der Waals surface area contributed by atoms with Crippen molar-refractivity contribution in [2.24, 2.45) is 0 Å². The van der Waals surface area contributed by atoms with Crippen LogP contribution in [0.25, 0.3) is 0 Å². The fourth-order valence-corrected chi connectivity index (χ4v) is 1.74. The number of nitrogens with two attached hydrogens (primary N) is 1. The van der Waals surface area contributed by atoms with E-state index in [-0.39, 0.29) is 5.92 Å². The Hall–Kier alpha value is -1.36. The molecule has 0 bridgehead atoms. The third-order valence-electron chi connectivity index (χ3n) is 2.72. The minimum Gasteiger partial charge on any atom is -0.388 e. The first-order valence-corrected chi connectivity index (χ1v) is 6.45. The van der Waals surface area contributed by atoms with Crippen molar-refractivity contribution in [3.8, 4) is 0 Å². The molecule has 0 saturated carbocycles. The summed E-state index contributed by atoms with van der Waals surface area (Å²) in [6.07, 6.45) is 1.69. The number of nitrogens with one attached hydrogen (secondary N) is 1. The zero-order chi connectivity index (χ0) is 13.8. The van der Waals surface area contributed by atoms with Crippen LogP contribution in [0.4, 0.5) is 11.6 Å². The molecule has 0 saturated heterocycles. The molecule has 0 amide bonds. The lowest BCUT2D eigenvalue weighted by molar-refractivity contribution is 0.0636. The molecule has 102 valence electrons. The molecule has 1 aromatic heterocycles. The second-order valence-electron chi connectivity index (χ2n) is 5.29. The van der Waals surface area contributed by atoms with Gasteiger partial charge >= 0.3 is 0 Å². The van der Waals surface area contributed by atoms with Gasteiger partial charge in [0.15, 0.2) is 0 Å². The molecule has 0 radical (unpaired) electrons. The first-order chi connectivity index (χ1) is 8.34. The summed E-state index contributed by atoms with van der Waals surface area (Å²) in [5.74, 6) is 2.06. The maximum Gasteiger partial charge on any atom is 0.135 e. The van der Waals surface area contributed by atoms with Crippen molar-refractivity contribution in [2.75, 3.05) is 17.6 Å². The summed E-state index contributed by atoms with van der Waals surface area (Å²) in [6.45, 7) is 8.36. The predicted molar refractivity (Wildman–Crippen MR) is 74.6 cm³/mol. The summed E-state index contributed by atoms with van der Waals surface area (Å²) >= 11 is 0. The second-order valence-corrected chi connectivity index (χ2v) is 5.29. The van der Waals surface area contributed by atoms with Crippen LogP contribution in [0.2, 0.25) is 0 Å². The van der Waals surface area contributed by atoms with Gasteiger partial charge in [0.25, 0.3) is 0 Å². The molecular formula is C13H24N4O. The molecule has 0 spiro atoms. The molecule has 1 heterocycles. The molecule has 4 N–H and O–H groups in total. The van der Waals surface area contributed by atoms with Crippen LogP contribution in [-0.2, 0) is 0 Å². The van der Waals surface area contributed by atoms with Gasteiger partial charge in [-0.25, -0.2) is 9.97 Å². The molecule has 0 aromatic carbocycles. The monoisotopic (exact) mass is 252 g/mol. The van der Waals surface area contributed by atoms with Crippen LogP contribution in [0.15, 0.2) is 6.07 Å². The summed E-state index contributed by atoms with van der Waals surface area (Å²) in [5.41, 5.74) is 5.01. The Morgan fingerprint density at radius 3 is 2.67 bits per heavy atom. The van der Waals surface area contributed by atoms with Crippen LogP contribution < -0.4 is 11.1 Å². The van der Waals surface area contributed by atoms with Crippen molar-refractivity contribution in [3.63, 3.8) is 0 Å². The summed E-state index contributed by atoms with van der Waals surface area (Å²) in [5, 5.41) is 13.2. The van der Waals surface area contributed by atoms with Crippen molar-refractivity contribution in [1.29, 1.82) is 0 Å². The molecule has 1 aromatic rings. The summed E-state index contributed by atoms with van der Waals surface area (Å²) < 4.78 is 0. The Morgan fingerprint density at radius 1 is 1.44 bits per heavy atom. The zero-order valence-corrected chi connectivity index (χ0v) is 11.7. The molecule has 1 rings (SSSR count). The van der Waals surface area contributed by atoms with Gasteiger partial charge in [-0.2, -0.15) is 0 Å². The van der Waals surface area contributed by atoms with Gasteiger partial charge in [0.1, 0.15) is 17.5 Å². The maximum atomic E-state index is 10.1. The Labute approximate surface area is 109 Å². The van der Waals surface area contributed by atoms with E-state index >= 15 is 0 Å². The van der Waals surface area contributed by atoms with E-state index in [2.05, 4.69) is 15.3 Å². The number of rotatable bonds is 6. The van der Waals surface area contributed by atoms with Gasteiger partial charge in [-0.15, -0.1) is 0 Å². The normalized spacial score (nSPS) is 14.6. The Balaban J connectivity index is 2.73. The molecule has 0 aliphatic rings. The van der Waals surface area contributed by atoms with E-state index in [1.54, 1.807) is 6.07 Å². The average molecular weight is 252 g/mol. The molecule has 0 aliphatic carbocycles. The van der Waals surface area contributed by atoms with E-state index < -0.39 is 5.60 Å². The third kappa shape index (κ3) is 4.49. The topological polar surface area (TPSA) is 84.1 Å². The highest BCUT2D eigenvalue weighted by molar-refractivity contribution is 5.45. The minimum atomic E-state index is -0.730. The smallest absolute Gasteiger partial charge is 0.135 e. The van der Waals surface area contributed by atoms with E-state index in [9.17, 15) is 5.11 Å². The fraction of sp³-hybridized carbons (Fsp3) is 0.692.